The summed E-state index contributed by atoms with van der Waals surface area (Å²) in [6, 6.07) is 8.84. The van der Waals surface area contributed by atoms with E-state index in [4.69, 9.17) is 11.6 Å². The molecule has 13 heteroatoms. The highest BCUT2D eigenvalue weighted by molar-refractivity contribution is 7.16. The summed E-state index contributed by atoms with van der Waals surface area (Å²) in [5.74, 6) is -3.37. The van der Waals surface area contributed by atoms with E-state index in [0.29, 0.717) is 15.0 Å². The molecular formula is C20H16ClF2N6O3S-. The zero-order valence-electron chi connectivity index (χ0n) is 16.9. The first-order chi connectivity index (χ1) is 15.8. The van der Waals surface area contributed by atoms with Crippen LogP contribution in [0.2, 0.25) is 4.34 Å². The molecule has 4 N–H and O–H groups in total. The number of nitrogens with zero attached hydrogens (tertiary/aromatic N) is 2. The Kier molecular flexibility index (Phi) is 6.33. The van der Waals surface area contributed by atoms with Gasteiger partial charge in [0.1, 0.15) is 5.69 Å². The summed E-state index contributed by atoms with van der Waals surface area (Å²) in [6.45, 7) is 0.167. The summed E-state index contributed by atoms with van der Waals surface area (Å²) in [7, 11) is 1.66. The van der Waals surface area contributed by atoms with Gasteiger partial charge in [-0.25, -0.2) is 18.6 Å². The number of carbonyl (C=O) groups excluding carboxylic acids is 2. The fourth-order valence-corrected chi connectivity index (χ4v) is 4.18. The number of urea groups is 1. The Bertz CT molecular complexity index is 1220. The maximum atomic E-state index is 14.8. The van der Waals surface area contributed by atoms with Crippen molar-refractivity contribution in [2.24, 2.45) is 0 Å². The third-order valence-corrected chi connectivity index (χ3v) is 5.90. The van der Waals surface area contributed by atoms with Crippen LogP contribution in [0.3, 0.4) is 0 Å². The van der Waals surface area contributed by atoms with Gasteiger partial charge in [0.05, 0.1) is 22.1 Å². The van der Waals surface area contributed by atoms with Crippen molar-refractivity contribution < 1.29 is 18.4 Å². The first-order valence-electron chi connectivity index (χ1n) is 9.45. The highest BCUT2D eigenvalue weighted by atomic mass is 35.5. The molecule has 0 radical (unpaired) electrons. The van der Waals surface area contributed by atoms with E-state index in [1.54, 1.807) is 25.2 Å². The molecule has 33 heavy (non-hydrogen) atoms. The molecule has 0 fully saturated rings. The molecule has 172 valence electrons. The zero-order chi connectivity index (χ0) is 23.7. The normalized spacial score (nSPS) is 13.4. The largest absolute Gasteiger partial charge is 0.748 e. The van der Waals surface area contributed by atoms with Gasteiger partial charge in [-0.3, -0.25) is 4.79 Å². The number of thiophene rings is 1. The topological polar surface area (TPSA) is 112 Å². The summed E-state index contributed by atoms with van der Waals surface area (Å²) in [5, 5.41) is 20.4. The number of rotatable bonds is 5. The Balaban J connectivity index is 1.53. The Morgan fingerprint density at radius 3 is 2.52 bits per heavy atom. The lowest BCUT2D eigenvalue weighted by Crippen LogP contribution is -2.51. The van der Waals surface area contributed by atoms with E-state index in [1.165, 1.54) is 23.5 Å². The molecule has 3 aromatic rings. The molecule has 9 nitrogen and oxygen atoms in total. The molecule has 0 aliphatic carbocycles. The lowest BCUT2D eigenvalue weighted by Gasteiger charge is -2.44. The van der Waals surface area contributed by atoms with Crippen molar-refractivity contribution >= 4 is 57.6 Å². The molecule has 4 rings (SSSR count). The van der Waals surface area contributed by atoms with E-state index in [1.807, 2.05) is 0 Å². The highest BCUT2D eigenvalue weighted by Crippen LogP contribution is 2.34. The number of hydrazine groups is 2. The Labute approximate surface area is 195 Å². The number of hydrogen-bond acceptors (Lipinski definition) is 7. The van der Waals surface area contributed by atoms with Gasteiger partial charge >= 0.3 is 6.03 Å². The van der Waals surface area contributed by atoms with Gasteiger partial charge in [-0.05, 0) is 42.5 Å². The second-order valence-electron chi connectivity index (χ2n) is 6.81. The summed E-state index contributed by atoms with van der Waals surface area (Å²) in [6.07, 6.45) is 0. The number of nitrogens with one attached hydrogen (secondary N) is 4. The van der Waals surface area contributed by atoms with Crippen LogP contribution in [0, 0.1) is 16.8 Å². The number of anilines is 4. The fourth-order valence-electron chi connectivity index (χ4n) is 3.15. The van der Waals surface area contributed by atoms with E-state index < -0.39 is 29.3 Å². The van der Waals surface area contributed by atoms with Crippen LogP contribution in [0.25, 0.3) is 0 Å². The van der Waals surface area contributed by atoms with Crippen molar-refractivity contribution in [3.63, 3.8) is 0 Å². The lowest BCUT2D eigenvalue weighted by atomic mass is 10.1. The second kappa shape index (κ2) is 9.19. The van der Waals surface area contributed by atoms with Crippen molar-refractivity contribution in [3.05, 3.63) is 74.1 Å². The van der Waals surface area contributed by atoms with Gasteiger partial charge in [0, 0.05) is 23.3 Å². The molecule has 0 atom stereocenters. The van der Waals surface area contributed by atoms with E-state index in [2.05, 4.69) is 21.4 Å². The SMILES string of the molecule is CNc1ccc2c(c1)NN([O-])N(c1c(F)cc(NC(=O)NCc3ccc(Cl)s3)cc1F)C2=O. The average Bonchev–Trinajstić information content (AvgIpc) is 3.18. The number of halogens is 3. The van der Waals surface area contributed by atoms with Crippen LogP contribution < -0.4 is 26.4 Å². The van der Waals surface area contributed by atoms with Crippen LogP contribution in [0.1, 0.15) is 15.2 Å². The van der Waals surface area contributed by atoms with Gasteiger partial charge in [0.25, 0.3) is 5.91 Å². The van der Waals surface area contributed by atoms with E-state index >= 15 is 0 Å². The molecular weight excluding hydrogens is 478 g/mol. The van der Waals surface area contributed by atoms with Gasteiger partial charge < -0.3 is 26.6 Å². The summed E-state index contributed by atoms with van der Waals surface area (Å²) in [4.78, 5) is 25.7. The summed E-state index contributed by atoms with van der Waals surface area (Å²) >= 11 is 7.11. The minimum atomic E-state index is -1.22. The molecule has 0 saturated heterocycles. The molecule has 0 bridgehead atoms. The van der Waals surface area contributed by atoms with Crippen LogP contribution in [0.4, 0.5) is 36.3 Å². The number of hydrogen-bond donors (Lipinski definition) is 4. The van der Waals surface area contributed by atoms with Gasteiger partial charge in [-0.2, -0.15) is 5.28 Å². The molecule has 1 aliphatic heterocycles. The van der Waals surface area contributed by atoms with Crippen LogP contribution in [-0.2, 0) is 6.54 Å². The standard InChI is InChI=1S/C20H16ClF2N6O3S/c1-24-10-2-4-13-16(8-10)27-29(32)28(19(13)30)18-14(22)6-11(7-15(18)23)26-20(31)25-9-12-3-5-17(21)33-12/h2-8,24,27H,9H2,1H3,(H2,25,26,31)/q-1. The van der Waals surface area contributed by atoms with Crippen molar-refractivity contribution in [3.8, 4) is 0 Å². The maximum Gasteiger partial charge on any atom is 0.319 e. The Hall–Kier alpha value is -3.45. The molecule has 2 aromatic carbocycles. The van der Waals surface area contributed by atoms with Crippen molar-refractivity contribution in [1.29, 1.82) is 0 Å². The smallest absolute Gasteiger partial charge is 0.319 e. The van der Waals surface area contributed by atoms with E-state index in [-0.39, 0.29) is 28.8 Å². The predicted molar refractivity (Wildman–Crippen MR) is 123 cm³/mol. The molecule has 1 aliphatic rings. The molecule has 0 spiro atoms. The van der Waals surface area contributed by atoms with Gasteiger partial charge in [0.2, 0.25) is 0 Å². The maximum absolute atomic E-state index is 14.8. The first kappa shape index (κ1) is 22.7. The zero-order valence-corrected chi connectivity index (χ0v) is 18.5. The number of benzene rings is 2. The third kappa shape index (κ3) is 4.68. The average molecular weight is 494 g/mol. The van der Waals surface area contributed by atoms with Gasteiger partial charge in [-0.15, -0.1) is 11.3 Å². The molecule has 2 heterocycles. The first-order valence-corrected chi connectivity index (χ1v) is 10.6. The van der Waals surface area contributed by atoms with Crippen LogP contribution in [-0.4, -0.2) is 24.3 Å². The number of carbonyl (C=O) groups is 2. The molecule has 0 unspecified atom stereocenters. The molecule has 1 aromatic heterocycles. The fraction of sp³-hybridized carbons (Fsp3) is 0.100. The number of amides is 3. The van der Waals surface area contributed by atoms with E-state index in [9.17, 15) is 23.6 Å². The molecule has 3 amide bonds. The van der Waals surface area contributed by atoms with Crippen molar-refractivity contribution in [2.45, 2.75) is 6.54 Å². The highest BCUT2D eigenvalue weighted by Gasteiger charge is 2.32. The van der Waals surface area contributed by atoms with Crippen LogP contribution >= 0.6 is 22.9 Å². The van der Waals surface area contributed by atoms with Gasteiger partial charge in [-0.1, -0.05) is 11.6 Å². The van der Waals surface area contributed by atoms with Crippen LogP contribution in [0.15, 0.2) is 42.5 Å². The van der Waals surface area contributed by atoms with Crippen LogP contribution in [0.5, 0.6) is 0 Å². The summed E-state index contributed by atoms with van der Waals surface area (Å²) < 4.78 is 30.2. The minimum absolute atomic E-state index is 0.0511. The molecule has 0 saturated carbocycles. The monoisotopic (exact) mass is 493 g/mol. The lowest BCUT2D eigenvalue weighted by molar-refractivity contribution is 0.0925. The van der Waals surface area contributed by atoms with E-state index in [0.717, 1.165) is 17.0 Å². The minimum Gasteiger partial charge on any atom is -0.748 e. The second-order valence-corrected chi connectivity index (χ2v) is 8.61. The summed E-state index contributed by atoms with van der Waals surface area (Å²) in [5.41, 5.74) is 2.14. The van der Waals surface area contributed by atoms with Gasteiger partial charge in [0.15, 0.2) is 11.6 Å². The van der Waals surface area contributed by atoms with Crippen molar-refractivity contribution in [2.75, 3.05) is 28.1 Å². The predicted octanol–water partition coefficient (Wildman–Crippen LogP) is 4.75. The Morgan fingerprint density at radius 1 is 1.15 bits per heavy atom. The number of fused-ring (bicyclic) bond motifs is 1. The van der Waals surface area contributed by atoms with Crippen molar-refractivity contribution in [1.82, 2.24) is 10.6 Å². The third-order valence-electron chi connectivity index (χ3n) is 4.67. The quantitative estimate of drug-likeness (QED) is 0.408. The Morgan fingerprint density at radius 2 is 1.88 bits per heavy atom.